The van der Waals surface area contributed by atoms with Crippen molar-refractivity contribution >= 4 is 11.6 Å². The van der Waals surface area contributed by atoms with Gasteiger partial charge in [-0.2, -0.15) is 0 Å². The second kappa shape index (κ2) is 7.10. The molecular formula is C14H21ClN2O. The van der Waals surface area contributed by atoms with Crippen LogP contribution >= 0.6 is 11.6 Å². The zero-order valence-corrected chi connectivity index (χ0v) is 11.4. The molecule has 100 valence electrons. The average molecular weight is 269 g/mol. The second-order valence-electron chi connectivity index (χ2n) is 4.75. The third-order valence-corrected chi connectivity index (χ3v) is 3.95. The number of halogens is 1. The van der Waals surface area contributed by atoms with E-state index in [1.165, 1.54) is 5.56 Å². The minimum Gasteiger partial charge on any atom is -0.395 e. The third kappa shape index (κ3) is 3.69. The van der Waals surface area contributed by atoms with Crippen molar-refractivity contribution in [1.82, 2.24) is 10.2 Å². The van der Waals surface area contributed by atoms with Crippen LogP contribution in [0.25, 0.3) is 0 Å². The van der Waals surface area contributed by atoms with E-state index >= 15 is 0 Å². The average Bonchev–Trinajstić information content (AvgIpc) is 2.42. The summed E-state index contributed by atoms with van der Waals surface area (Å²) in [6, 6.07) is 8.21. The largest absolute Gasteiger partial charge is 0.395 e. The summed E-state index contributed by atoms with van der Waals surface area (Å²) in [6.45, 7) is 4.30. The molecule has 2 N–H and O–H groups in total. The fourth-order valence-electron chi connectivity index (χ4n) is 2.46. The van der Waals surface area contributed by atoms with Gasteiger partial charge >= 0.3 is 0 Å². The molecule has 1 aliphatic rings. The van der Waals surface area contributed by atoms with E-state index in [-0.39, 0.29) is 12.6 Å². The first kappa shape index (κ1) is 13.8. The van der Waals surface area contributed by atoms with Crippen molar-refractivity contribution in [2.24, 2.45) is 0 Å². The van der Waals surface area contributed by atoms with E-state index in [4.69, 9.17) is 11.6 Å². The van der Waals surface area contributed by atoms with Crippen molar-refractivity contribution in [2.75, 3.05) is 32.8 Å². The van der Waals surface area contributed by atoms with E-state index in [1.807, 2.05) is 18.2 Å². The Bertz CT molecular complexity index is 367. The highest BCUT2D eigenvalue weighted by molar-refractivity contribution is 6.31. The van der Waals surface area contributed by atoms with Crippen LogP contribution in [0.4, 0.5) is 0 Å². The molecule has 3 nitrogen and oxygen atoms in total. The molecule has 1 saturated heterocycles. The molecule has 1 aliphatic heterocycles. The Labute approximate surface area is 114 Å². The van der Waals surface area contributed by atoms with E-state index in [0.29, 0.717) is 0 Å². The lowest BCUT2D eigenvalue weighted by molar-refractivity contribution is 0.104. The SMILES string of the molecule is OCC(CCc1ccccc1Cl)N1CCNCC1. The Morgan fingerprint density at radius 2 is 2.00 bits per heavy atom. The maximum absolute atomic E-state index is 9.53. The molecule has 0 saturated carbocycles. The Morgan fingerprint density at radius 3 is 2.67 bits per heavy atom. The number of nitrogens with zero attached hydrogens (tertiary/aromatic N) is 1. The van der Waals surface area contributed by atoms with Gasteiger partial charge in [0.05, 0.1) is 6.61 Å². The summed E-state index contributed by atoms with van der Waals surface area (Å²) in [6.07, 6.45) is 1.88. The van der Waals surface area contributed by atoms with Crippen LogP contribution < -0.4 is 5.32 Å². The fourth-order valence-corrected chi connectivity index (χ4v) is 2.69. The summed E-state index contributed by atoms with van der Waals surface area (Å²) in [5, 5.41) is 13.7. The molecule has 0 radical (unpaired) electrons. The highest BCUT2D eigenvalue weighted by Crippen LogP contribution is 2.18. The first-order chi connectivity index (χ1) is 8.81. The summed E-state index contributed by atoms with van der Waals surface area (Å²) in [5.41, 5.74) is 1.17. The van der Waals surface area contributed by atoms with Crippen molar-refractivity contribution in [1.29, 1.82) is 0 Å². The lowest BCUT2D eigenvalue weighted by Gasteiger charge is -2.34. The van der Waals surface area contributed by atoms with Gasteiger partial charge in [-0.1, -0.05) is 29.8 Å². The van der Waals surface area contributed by atoms with Crippen LogP contribution in [0.2, 0.25) is 5.02 Å². The Morgan fingerprint density at radius 1 is 1.28 bits per heavy atom. The third-order valence-electron chi connectivity index (χ3n) is 3.58. The number of hydrogen-bond donors (Lipinski definition) is 2. The summed E-state index contributed by atoms with van der Waals surface area (Å²) in [5.74, 6) is 0. The molecule has 2 rings (SSSR count). The normalized spacial score (nSPS) is 18.8. The van der Waals surface area contributed by atoms with Gasteiger partial charge in [-0.15, -0.1) is 0 Å². The molecule has 0 bridgehead atoms. The van der Waals surface area contributed by atoms with Crippen molar-refractivity contribution in [3.63, 3.8) is 0 Å². The number of rotatable bonds is 5. The van der Waals surface area contributed by atoms with Gasteiger partial charge in [-0.05, 0) is 24.5 Å². The first-order valence-corrected chi connectivity index (χ1v) is 6.98. The van der Waals surface area contributed by atoms with Crippen LogP contribution in [0, 0.1) is 0 Å². The van der Waals surface area contributed by atoms with Crippen molar-refractivity contribution in [3.8, 4) is 0 Å². The Hall–Kier alpha value is -0.610. The van der Waals surface area contributed by atoms with Crippen molar-refractivity contribution < 1.29 is 5.11 Å². The summed E-state index contributed by atoms with van der Waals surface area (Å²) < 4.78 is 0. The number of aliphatic hydroxyl groups is 1. The number of aryl methyl sites for hydroxylation is 1. The lowest BCUT2D eigenvalue weighted by atomic mass is 10.0. The number of aliphatic hydroxyl groups excluding tert-OH is 1. The minimum absolute atomic E-state index is 0.227. The molecule has 18 heavy (non-hydrogen) atoms. The van der Waals surface area contributed by atoms with Crippen LogP contribution in [-0.4, -0.2) is 48.8 Å². The minimum atomic E-state index is 0.227. The predicted molar refractivity (Wildman–Crippen MR) is 75.1 cm³/mol. The van der Waals surface area contributed by atoms with Gasteiger partial charge in [-0.25, -0.2) is 0 Å². The smallest absolute Gasteiger partial charge is 0.0587 e. The molecular weight excluding hydrogens is 248 g/mol. The molecule has 4 heteroatoms. The molecule has 1 unspecified atom stereocenters. The van der Waals surface area contributed by atoms with E-state index in [9.17, 15) is 5.11 Å². The molecule has 1 aromatic carbocycles. The quantitative estimate of drug-likeness (QED) is 0.850. The molecule has 0 amide bonds. The van der Waals surface area contributed by atoms with Gasteiger partial charge in [-0.3, -0.25) is 4.90 Å². The maximum Gasteiger partial charge on any atom is 0.0587 e. The van der Waals surface area contributed by atoms with Crippen LogP contribution in [0.3, 0.4) is 0 Å². The van der Waals surface area contributed by atoms with Gasteiger partial charge in [0.15, 0.2) is 0 Å². The van der Waals surface area contributed by atoms with Crippen LogP contribution in [-0.2, 0) is 6.42 Å². The topological polar surface area (TPSA) is 35.5 Å². The number of benzene rings is 1. The highest BCUT2D eigenvalue weighted by Gasteiger charge is 2.19. The number of hydrogen-bond acceptors (Lipinski definition) is 3. The Kier molecular flexibility index (Phi) is 5.45. The highest BCUT2D eigenvalue weighted by atomic mass is 35.5. The molecule has 1 aromatic rings. The predicted octanol–water partition coefficient (Wildman–Crippen LogP) is 1.54. The van der Waals surface area contributed by atoms with Crippen molar-refractivity contribution in [3.05, 3.63) is 34.9 Å². The second-order valence-corrected chi connectivity index (χ2v) is 5.16. The van der Waals surface area contributed by atoms with Crippen LogP contribution in [0.15, 0.2) is 24.3 Å². The number of nitrogens with one attached hydrogen (secondary N) is 1. The number of piperazine rings is 1. The summed E-state index contributed by atoms with van der Waals surface area (Å²) in [4.78, 5) is 2.37. The summed E-state index contributed by atoms with van der Waals surface area (Å²) in [7, 11) is 0. The van der Waals surface area contributed by atoms with Gasteiger partial charge in [0.1, 0.15) is 0 Å². The van der Waals surface area contributed by atoms with Crippen molar-refractivity contribution in [2.45, 2.75) is 18.9 Å². The van der Waals surface area contributed by atoms with Gasteiger partial charge in [0, 0.05) is 37.2 Å². The van der Waals surface area contributed by atoms with E-state index < -0.39 is 0 Å². The zero-order chi connectivity index (χ0) is 12.8. The van der Waals surface area contributed by atoms with Crippen LogP contribution in [0.5, 0.6) is 0 Å². The van der Waals surface area contributed by atoms with Gasteiger partial charge in [0.25, 0.3) is 0 Å². The maximum atomic E-state index is 9.53. The monoisotopic (exact) mass is 268 g/mol. The standard InChI is InChI=1S/C14H21ClN2O/c15-14-4-2-1-3-12(14)5-6-13(11-18)17-9-7-16-8-10-17/h1-4,13,16,18H,5-11H2. The van der Waals surface area contributed by atoms with E-state index in [1.54, 1.807) is 0 Å². The first-order valence-electron chi connectivity index (χ1n) is 6.60. The van der Waals surface area contributed by atoms with E-state index in [0.717, 1.165) is 44.0 Å². The molecule has 1 heterocycles. The Balaban J connectivity index is 1.88. The zero-order valence-electron chi connectivity index (χ0n) is 10.6. The molecule has 0 aliphatic carbocycles. The van der Waals surface area contributed by atoms with Gasteiger partial charge in [0.2, 0.25) is 0 Å². The molecule has 1 atom stereocenters. The van der Waals surface area contributed by atoms with Gasteiger partial charge < -0.3 is 10.4 Å². The lowest BCUT2D eigenvalue weighted by Crippen LogP contribution is -2.49. The molecule has 0 spiro atoms. The fraction of sp³-hybridized carbons (Fsp3) is 0.571. The molecule has 0 aromatic heterocycles. The summed E-state index contributed by atoms with van der Waals surface area (Å²) >= 11 is 6.15. The van der Waals surface area contributed by atoms with Crippen LogP contribution in [0.1, 0.15) is 12.0 Å². The molecule has 1 fully saturated rings. The van der Waals surface area contributed by atoms with E-state index in [2.05, 4.69) is 16.3 Å².